The van der Waals surface area contributed by atoms with E-state index in [9.17, 15) is 0 Å². The first-order valence-corrected chi connectivity index (χ1v) is 6.21. The standard InChI is InChI=1S/C14H14ClNO3/c1-17-11-4-3-5-12(18-2)14(11)19-13-9-16-7-6-10(13)8-15/h3-7,9H,8H2,1-2H3. The number of halogens is 1. The lowest BCUT2D eigenvalue weighted by Gasteiger charge is -2.15. The fourth-order valence-corrected chi connectivity index (χ4v) is 1.86. The van der Waals surface area contributed by atoms with Crippen LogP contribution in [0.15, 0.2) is 36.7 Å². The summed E-state index contributed by atoms with van der Waals surface area (Å²) in [6.07, 6.45) is 3.29. The molecule has 0 aliphatic carbocycles. The molecule has 0 unspecified atom stereocenters. The Labute approximate surface area is 116 Å². The van der Waals surface area contributed by atoms with Crippen LogP contribution in [0.4, 0.5) is 0 Å². The van der Waals surface area contributed by atoms with Crippen LogP contribution < -0.4 is 14.2 Å². The molecule has 4 nitrogen and oxygen atoms in total. The maximum absolute atomic E-state index is 5.88. The number of pyridine rings is 1. The highest BCUT2D eigenvalue weighted by Crippen LogP contribution is 2.40. The lowest BCUT2D eigenvalue weighted by atomic mass is 10.2. The van der Waals surface area contributed by atoms with Crippen molar-refractivity contribution in [3.8, 4) is 23.0 Å². The Balaban J connectivity index is 2.42. The van der Waals surface area contributed by atoms with Crippen molar-refractivity contribution >= 4 is 11.6 Å². The Morgan fingerprint density at radius 2 is 1.74 bits per heavy atom. The van der Waals surface area contributed by atoms with Gasteiger partial charge >= 0.3 is 0 Å². The van der Waals surface area contributed by atoms with Crippen LogP contribution in [0.5, 0.6) is 23.0 Å². The summed E-state index contributed by atoms with van der Waals surface area (Å²) in [6.45, 7) is 0. The molecule has 1 aromatic heterocycles. The van der Waals surface area contributed by atoms with Crippen molar-refractivity contribution in [3.63, 3.8) is 0 Å². The van der Waals surface area contributed by atoms with E-state index in [0.29, 0.717) is 28.9 Å². The largest absolute Gasteiger partial charge is 0.493 e. The fourth-order valence-electron chi connectivity index (χ4n) is 1.64. The number of ether oxygens (including phenoxy) is 3. The van der Waals surface area contributed by atoms with Gasteiger partial charge in [0.25, 0.3) is 0 Å². The molecule has 0 bridgehead atoms. The van der Waals surface area contributed by atoms with E-state index in [2.05, 4.69) is 4.98 Å². The van der Waals surface area contributed by atoms with Gasteiger partial charge in [-0.3, -0.25) is 4.98 Å². The number of para-hydroxylation sites is 1. The number of rotatable bonds is 5. The lowest BCUT2D eigenvalue weighted by Crippen LogP contribution is -1.96. The van der Waals surface area contributed by atoms with Crippen molar-refractivity contribution in [1.82, 2.24) is 4.98 Å². The van der Waals surface area contributed by atoms with Crippen LogP contribution in [0.2, 0.25) is 0 Å². The molecule has 2 aromatic rings. The van der Waals surface area contributed by atoms with Gasteiger partial charge in [0, 0.05) is 11.8 Å². The number of alkyl halides is 1. The zero-order valence-corrected chi connectivity index (χ0v) is 11.5. The molecule has 100 valence electrons. The van der Waals surface area contributed by atoms with Crippen LogP contribution in [0.3, 0.4) is 0 Å². The normalized spacial score (nSPS) is 10.1. The molecule has 1 heterocycles. The number of aromatic nitrogens is 1. The van der Waals surface area contributed by atoms with Gasteiger partial charge in [-0.2, -0.15) is 0 Å². The number of nitrogens with zero attached hydrogens (tertiary/aromatic N) is 1. The highest BCUT2D eigenvalue weighted by atomic mass is 35.5. The molecule has 0 N–H and O–H groups in total. The maximum Gasteiger partial charge on any atom is 0.211 e. The van der Waals surface area contributed by atoms with Crippen LogP contribution >= 0.6 is 11.6 Å². The monoisotopic (exact) mass is 279 g/mol. The van der Waals surface area contributed by atoms with E-state index in [4.69, 9.17) is 25.8 Å². The maximum atomic E-state index is 5.88. The van der Waals surface area contributed by atoms with E-state index in [-0.39, 0.29) is 0 Å². The predicted molar refractivity (Wildman–Crippen MR) is 73.4 cm³/mol. The minimum Gasteiger partial charge on any atom is -0.493 e. The van der Waals surface area contributed by atoms with Gasteiger partial charge in [0.15, 0.2) is 17.2 Å². The number of benzene rings is 1. The molecule has 0 amide bonds. The molecule has 1 aromatic carbocycles. The molecule has 2 rings (SSSR count). The van der Waals surface area contributed by atoms with E-state index in [1.54, 1.807) is 38.7 Å². The fraction of sp³-hybridized carbons (Fsp3) is 0.214. The first-order chi connectivity index (χ1) is 9.30. The summed E-state index contributed by atoms with van der Waals surface area (Å²) in [7, 11) is 3.15. The van der Waals surface area contributed by atoms with Crippen molar-refractivity contribution in [2.24, 2.45) is 0 Å². The Kier molecular flexibility index (Phi) is 4.47. The van der Waals surface area contributed by atoms with Gasteiger partial charge in [0.1, 0.15) is 0 Å². The molecule has 0 fully saturated rings. The summed E-state index contributed by atoms with van der Waals surface area (Å²) in [5.41, 5.74) is 0.852. The Morgan fingerprint density at radius 3 is 2.32 bits per heavy atom. The zero-order chi connectivity index (χ0) is 13.7. The molecule has 0 saturated carbocycles. The lowest BCUT2D eigenvalue weighted by molar-refractivity contribution is 0.345. The van der Waals surface area contributed by atoms with Gasteiger partial charge in [-0.15, -0.1) is 11.6 Å². The molecule has 0 spiro atoms. The van der Waals surface area contributed by atoms with Gasteiger partial charge in [-0.05, 0) is 18.2 Å². The highest BCUT2D eigenvalue weighted by molar-refractivity contribution is 6.17. The molecule has 0 aliphatic heterocycles. The summed E-state index contributed by atoms with van der Waals surface area (Å²) >= 11 is 5.88. The van der Waals surface area contributed by atoms with Crippen molar-refractivity contribution in [1.29, 1.82) is 0 Å². The molecule has 0 aliphatic rings. The third-order valence-electron chi connectivity index (χ3n) is 2.61. The van der Waals surface area contributed by atoms with Gasteiger partial charge < -0.3 is 14.2 Å². The van der Waals surface area contributed by atoms with E-state index < -0.39 is 0 Å². The van der Waals surface area contributed by atoms with Gasteiger partial charge in [-0.1, -0.05) is 6.07 Å². The summed E-state index contributed by atoms with van der Waals surface area (Å²) in [5.74, 6) is 2.61. The van der Waals surface area contributed by atoms with Gasteiger partial charge in [0.2, 0.25) is 5.75 Å². The number of methoxy groups -OCH3 is 2. The van der Waals surface area contributed by atoms with Crippen LogP contribution in [0.1, 0.15) is 5.56 Å². The van der Waals surface area contributed by atoms with Crippen LogP contribution in [0.25, 0.3) is 0 Å². The molecule has 19 heavy (non-hydrogen) atoms. The van der Waals surface area contributed by atoms with Crippen LogP contribution in [0, 0.1) is 0 Å². The topological polar surface area (TPSA) is 40.6 Å². The van der Waals surface area contributed by atoms with Crippen LogP contribution in [-0.4, -0.2) is 19.2 Å². The molecule has 5 heteroatoms. The second-order valence-corrected chi connectivity index (χ2v) is 3.98. The quantitative estimate of drug-likeness (QED) is 0.784. The SMILES string of the molecule is COc1cccc(OC)c1Oc1cnccc1CCl. The van der Waals surface area contributed by atoms with E-state index in [1.807, 2.05) is 12.1 Å². The van der Waals surface area contributed by atoms with Crippen molar-refractivity contribution < 1.29 is 14.2 Å². The first-order valence-electron chi connectivity index (χ1n) is 5.67. The molecule has 0 atom stereocenters. The molecular weight excluding hydrogens is 266 g/mol. The average molecular weight is 280 g/mol. The third kappa shape index (κ3) is 2.90. The first kappa shape index (κ1) is 13.5. The van der Waals surface area contributed by atoms with Gasteiger partial charge in [0.05, 0.1) is 26.3 Å². The summed E-state index contributed by atoms with van der Waals surface area (Å²) in [4.78, 5) is 4.04. The highest BCUT2D eigenvalue weighted by Gasteiger charge is 2.14. The van der Waals surface area contributed by atoms with E-state index in [1.165, 1.54) is 0 Å². The molecule has 0 saturated heterocycles. The number of hydrogen-bond donors (Lipinski definition) is 0. The second kappa shape index (κ2) is 6.29. The van der Waals surface area contributed by atoms with E-state index >= 15 is 0 Å². The minimum absolute atomic E-state index is 0.343. The Bertz CT molecular complexity index is 538. The van der Waals surface area contributed by atoms with Crippen molar-refractivity contribution in [3.05, 3.63) is 42.2 Å². The summed E-state index contributed by atoms with van der Waals surface area (Å²) < 4.78 is 16.4. The van der Waals surface area contributed by atoms with E-state index in [0.717, 1.165) is 5.56 Å². The van der Waals surface area contributed by atoms with Gasteiger partial charge in [-0.25, -0.2) is 0 Å². The summed E-state index contributed by atoms with van der Waals surface area (Å²) in [5, 5.41) is 0. The predicted octanol–water partition coefficient (Wildman–Crippen LogP) is 3.63. The Morgan fingerprint density at radius 1 is 1.05 bits per heavy atom. The Hall–Kier alpha value is -1.94. The molecule has 0 radical (unpaired) electrons. The second-order valence-electron chi connectivity index (χ2n) is 3.71. The van der Waals surface area contributed by atoms with Crippen molar-refractivity contribution in [2.75, 3.05) is 14.2 Å². The third-order valence-corrected chi connectivity index (χ3v) is 2.90. The average Bonchev–Trinajstić information content (AvgIpc) is 2.48. The zero-order valence-electron chi connectivity index (χ0n) is 10.7. The van der Waals surface area contributed by atoms with Crippen molar-refractivity contribution in [2.45, 2.75) is 5.88 Å². The smallest absolute Gasteiger partial charge is 0.211 e. The number of hydrogen-bond acceptors (Lipinski definition) is 4. The summed E-state index contributed by atoms with van der Waals surface area (Å²) in [6, 6.07) is 7.24. The van der Waals surface area contributed by atoms with Crippen LogP contribution in [-0.2, 0) is 5.88 Å². The molecular formula is C14H14ClNO3. The minimum atomic E-state index is 0.343.